The molecule has 0 unspecified atom stereocenters. The third-order valence-corrected chi connectivity index (χ3v) is 2.99. The van der Waals surface area contributed by atoms with E-state index in [0.717, 1.165) is 19.7 Å². The molecule has 0 amide bonds. The fourth-order valence-electron chi connectivity index (χ4n) is 1.58. The fraction of sp³-hybridized carbons (Fsp3) is 0.818. The highest BCUT2D eigenvalue weighted by Gasteiger charge is 2.41. The minimum Gasteiger partial charge on any atom is -0.385 e. The molecule has 0 aromatic heterocycles. The second-order valence-corrected chi connectivity index (χ2v) is 4.31. The lowest BCUT2D eigenvalue weighted by atomic mass is 10.0. The molecule has 0 radical (unpaired) electrons. The number of rotatable bonds is 8. The van der Waals surface area contributed by atoms with Crippen LogP contribution in [0.15, 0.2) is 12.2 Å². The van der Waals surface area contributed by atoms with Crippen molar-refractivity contribution >= 4 is 11.6 Å². The Morgan fingerprint density at radius 3 is 2.79 bits per heavy atom. The van der Waals surface area contributed by atoms with Crippen molar-refractivity contribution in [3.8, 4) is 0 Å². The van der Waals surface area contributed by atoms with Crippen molar-refractivity contribution in [2.45, 2.75) is 19.3 Å². The number of methoxy groups -OCH3 is 1. The minimum atomic E-state index is 0.546. The first-order chi connectivity index (χ1) is 6.83. The van der Waals surface area contributed by atoms with Gasteiger partial charge in [-0.25, -0.2) is 0 Å². The van der Waals surface area contributed by atoms with E-state index in [4.69, 9.17) is 16.3 Å². The van der Waals surface area contributed by atoms with E-state index in [2.05, 4.69) is 11.4 Å². The lowest BCUT2D eigenvalue weighted by molar-refractivity contribution is 0.171. The molecule has 1 aliphatic rings. The Morgan fingerprint density at radius 2 is 2.21 bits per heavy atom. The monoisotopic (exact) mass is 217 g/mol. The van der Waals surface area contributed by atoms with Crippen molar-refractivity contribution in [2.75, 3.05) is 32.7 Å². The van der Waals surface area contributed by atoms with Gasteiger partial charge in [-0.15, -0.1) is 11.6 Å². The molecule has 1 N–H and O–H groups in total. The van der Waals surface area contributed by atoms with Gasteiger partial charge in [-0.05, 0) is 24.7 Å². The minimum absolute atomic E-state index is 0.546. The molecule has 0 bridgehead atoms. The Balaban J connectivity index is 2.02. The third-order valence-electron chi connectivity index (χ3n) is 2.81. The molecular formula is C11H20ClNO. The van der Waals surface area contributed by atoms with Gasteiger partial charge < -0.3 is 10.1 Å². The van der Waals surface area contributed by atoms with E-state index in [1.807, 2.05) is 6.08 Å². The Morgan fingerprint density at radius 1 is 1.43 bits per heavy atom. The molecule has 1 rings (SSSR count). The van der Waals surface area contributed by atoms with Crippen LogP contribution in [0.1, 0.15) is 19.3 Å². The van der Waals surface area contributed by atoms with Gasteiger partial charge in [0.2, 0.25) is 0 Å². The fourth-order valence-corrected chi connectivity index (χ4v) is 1.70. The molecule has 1 aliphatic carbocycles. The van der Waals surface area contributed by atoms with Crippen LogP contribution >= 0.6 is 11.6 Å². The van der Waals surface area contributed by atoms with E-state index in [9.17, 15) is 0 Å². The number of halogens is 1. The van der Waals surface area contributed by atoms with Crippen molar-refractivity contribution in [2.24, 2.45) is 5.41 Å². The summed E-state index contributed by atoms with van der Waals surface area (Å²) in [5.74, 6) is 0.608. The molecule has 0 aliphatic heterocycles. The maximum absolute atomic E-state index is 5.52. The summed E-state index contributed by atoms with van der Waals surface area (Å²) in [5.41, 5.74) is 0.546. The van der Waals surface area contributed by atoms with Crippen molar-refractivity contribution in [3.05, 3.63) is 12.2 Å². The van der Waals surface area contributed by atoms with E-state index in [0.29, 0.717) is 11.3 Å². The summed E-state index contributed by atoms with van der Waals surface area (Å²) in [6, 6.07) is 0. The van der Waals surface area contributed by atoms with Crippen LogP contribution in [0.2, 0.25) is 0 Å². The summed E-state index contributed by atoms with van der Waals surface area (Å²) in [5, 5.41) is 3.43. The van der Waals surface area contributed by atoms with Gasteiger partial charge in [-0.2, -0.15) is 0 Å². The molecule has 1 fully saturated rings. The first kappa shape index (κ1) is 12.0. The number of allylic oxidation sites excluding steroid dienone is 1. The highest BCUT2D eigenvalue weighted by atomic mass is 35.5. The largest absolute Gasteiger partial charge is 0.385 e. The van der Waals surface area contributed by atoms with Gasteiger partial charge in [-0.1, -0.05) is 12.2 Å². The molecule has 14 heavy (non-hydrogen) atoms. The third kappa shape index (κ3) is 4.45. The average Bonchev–Trinajstić information content (AvgIpc) is 2.96. The number of hydrogen-bond acceptors (Lipinski definition) is 2. The lowest BCUT2D eigenvalue weighted by Gasteiger charge is -2.14. The van der Waals surface area contributed by atoms with Crippen LogP contribution in [-0.4, -0.2) is 32.7 Å². The predicted octanol–water partition coefficient (Wildman–Crippen LogP) is 2.19. The maximum Gasteiger partial charge on any atom is 0.0468 e. The summed E-state index contributed by atoms with van der Waals surface area (Å²) in [6.07, 6.45) is 7.95. The smallest absolute Gasteiger partial charge is 0.0468 e. The first-order valence-electron chi connectivity index (χ1n) is 5.24. The van der Waals surface area contributed by atoms with Gasteiger partial charge in [0.25, 0.3) is 0 Å². The zero-order valence-electron chi connectivity index (χ0n) is 8.89. The molecule has 0 aromatic rings. The SMILES string of the molecule is COCCC1(CNC/C=C/CCl)CC1. The van der Waals surface area contributed by atoms with Crippen LogP contribution in [0.4, 0.5) is 0 Å². The number of nitrogens with one attached hydrogen (secondary N) is 1. The van der Waals surface area contributed by atoms with Crippen LogP contribution in [0.25, 0.3) is 0 Å². The summed E-state index contributed by atoms with van der Waals surface area (Å²) < 4.78 is 5.10. The Hall–Kier alpha value is -0.0500. The van der Waals surface area contributed by atoms with Crippen LogP contribution < -0.4 is 5.32 Å². The summed E-state index contributed by atoms with van der Waals surface area (Å²) in [4.78, 5) is 0. The molecule has 2 nitrogen and oxygen atoms in total. The van der Waals surface area contributed by atoms with Crippen LogP contribution in [-0.2, 0) is 4.74 Å². The normalized spacial score (nSPS) is 19.0. The summed E-state index contributed by atoms with van der Waals surface area (Å²) >= 11 is 5.52. The molecule has 0 heterocycles. The van der Waals surface area contributed by atoms with Gasteiger partial charge in [0.15, 0.2) is 0 Å². The van der Waals surface area contributed by atoms with Gasteiger partial charge in [0.05, 0.1) is 0 Å². The Kier molecular flexibility index (Phi) is 5.53. The molecule has 0 atom stereocenters. The first-order valence-corrected chi connectivity index (χ1v) is 5.77. The maximum atomic E-state index is 5.52. The van der Waals surface area contributed by atoms with Crippen LogP contribution in [0.5, 0.6) is 0 Å². The zero-order valence-corrected chi connectivity index (χ0v) is 9.65. The summed E-state index contributed by atoms with van der Waals surface area (Å²) in [7, 11) is 1.77. The standard InChI is InChI=1S/C11H20ClNO/c1-14-9-6-11(4-5-11)10-13-8-3-2-7-12/h2-3,13H,4-10H2,1H3/b3-2+. The highest BCUT2D eigenvalue weighted by molar-refractivity contribution is 6.18. The summed E-state index contributed by atoms with van der Waals surface area (Å²) in [6.45, 7) is 2.93. The number of hydrogen-bond donors (Lipinski definition) is 1. The lowest BCUT2D eigenvalue weighted by Crippen LogP contribution is -2.25. The average molecular weight is 218 g/mol. The second-order valence-electron chi connectivity index (χ2n) is 4.00. The van der Waals surface area contributed by atoms with Crippen molar-refractivity contribution in [1.29, 1.82) is 0 Å². The van der Waals surface area contributed by atoms with Gasteiger partial charge in [-0.3, -0.25) is 0 Å². The van der Waals surface area contributed by atoms with E-state index >= 15 is 0 Å². The Labute approximate surface area is 91.7 Å². The van der Waals surface area contributed by atoms with Gasteiger partial charge in [0.1, 0.15) is 0 Å². The molecule has 82 valence electrons. The van der Waals surface area contributed by atoms with Crippen LogP contribution in [0.3, 0.4) is 0 Å². The number of ether oxygens (including phenoxy) is 1. The van der Waals surface area contributed by atoms with Gasteiger partial charge in [0, 0.05) is 32.7 Å². The quantitative estimate of drug-likeness (QED) is 0.382. The highest BCUT2D eigenvalue weighted by Crippen LogP contribution is 2.48. The van der Waals surface area contributed by atoms with Gasteiger partial charge >= 0.3 is 0 Å². The molecule has 0 spiro atoms. The molecule has 0 saturated heterocycles. The van der Waals surface area contributed by atoms with Crippen molar-refractivity contribution in [1.82, 2.24) is 5.32 Å². The molecule has 3 heteroatoms. The number of alkyl halides is 1. The van der Waals surface area contributed by atoms with E-state index < -0.39 is 0 Å². The zero-order chi connectivity index (χ0) is 10.3. The topological polar surface area (TPSA) is 21.3 Å². The van der Waals surface area contributed by atoms with Crippen molar-refractivity contribution in [3.63, 3.8) is 0 Å². The molecular weight excluding hydrogens is 198 g/mol. The van der Waals surface area contributed by atoms with Crippen molar-refractivity contribution < 1.29 is 4.74 Å². The predicted molar refractivity (Wildman–Crippen MR) is 60.9 cm³/mol. The molecule has 1 saturated carbocycles. The molecule has 0 aromatic carbocycles. The second kappa shape index (κ2) is 6.44. The van der Waals surface area contributed by atoms with E-state index in [-0.39, 0.29) is 0 Å². The van der Waals surface area contributed by atoms with Crippen LogP contribution in [0, 0.1) is 5.41 Å². The van der Waals surface area contributed by atoms with E-state index in [1.165, 1.54) is 19.3 Å². The van der Waals surface area contributed by atoms with E-state index in [1.54, 1.807) is 7.11 Å². The Bertz CT molecular complexity index is 178.